The van der Waals surface area contributed by atoms with Crippen LogP contribution in [0, 0.1) is 0 Å². The summed E-state index contributed by atoms with van der Waals surface area (Å²) in [6, 6.07) is 3.18. The Morgan fingerprint density at radius 1 is 1.53 bits per heavy atom. The predicted octanol–water partition coefficient (Wildman–Crippen LogP) is 1.93. The Labute approximate surface area is 85.7 Å². The van der Waals surface area contributed by atoms with Crippen molar-refractivity contribution in [3.05, 3.63) is 23.7 Å². The number of alkyl halides is 2. The highest BCUT2D eigenvalue weighted by Gasteiger charge is 2.38. The van der Waals surface area contributed by atoms with Crippen LogP contribution in [0.25, 0.3) is 0 Å². The first-order valence-electron chi connectivity index (χ1n) is 4.73. The lowest BCUT2D eigenvalue weighted by Crippen LogP contribution is -2.24. The minimum Gasteiger partial charge on any atom is -0.457 e. The molecule has 15 heavy (non-hydrogen) atoms. The van der Waals surface area contributed by atoms with Crippen LogP contribution in [0.4, 0.5) is 8.78 Å². The Bertz CT molecular complexity index is 362. The van der Waals surface area contributed by atoms with E-state index in [-0.39, 0.29) is 18.7 Å². The molecule has 82 valence electrons. The van der Waals surface area contributed by atoms with Gasteiger partial charge in [-0.05, 0) is 12.1 Å². The van der Waals surface area contributed by atoms with Crippen molar-refractivity contribution in [2.24, 2.45) is 0 Å². The maximum absolute atomic E-state index is 12.8. The molecule has 0 spiro atoms. The molecule has 1 saturated heterocycles. The first-order chi connectivity index (χ1) is 7.09. The second-order valence-electron chi connectivity index (χ2n) is 3.74. The van der Waals surface area contributed by atoms with E-state index in [0.29, 0.717) is 25.1 Å². The largest absolute Gasteiger partial charge is 0.457 e. The molecule has 5 heteroatoms. The average Bonchev–Trinajstić information content (AvgIpc) is 2.73. The molecule has 1 fully saturated rings. The molecule has 0 amide bonds. The lowest BCUT2D eigenvalue weighted by Gasteiger charge is -2.13. The van der Waals surface area contributed by atoms with Crippen LogP contribution in [0.1, 0.15) is 22.7 Å². The van der Waals surface area contributed by atoms with E-state index in [1.165, 1.54) is 6.07 Å². The zero-order valence-electron chi connectivity index (χ0n) is 8.08. The zero-order chi connectivity index (χ0) is 10.9. The monoisotopic (exact) mass is 215 g/mol. The minimum absolute atomic E-state index is 0.103. The average molecular weight is 215 g/mol. The summed E-state index contributed by atoms with van der Waals surface area (Å²) >= 11 is 0. The van der Waals surface area contributed by atoms with E-state index in [4.69, 9.17) is 4.42 Å². The fraction of sp³-hybridized carbons (Fsp3) is 0.500. The van der Waals surface area contributed by atoms with Gasteiger partial charge in [-0.25, -0.2) is 8.78 Å². The van der Waals surface area contributed by atoms with Crippen molar-refractivity contribution in [1.82, 2.24) is 4.90 Å². The molecule has 1 aromatic heterocycles. The van der Waals surface area contributed by atoms with Gasteiger partial charge < -0.3 is 4.42 Å². The summed E-state index contributed by atoms with van der Waals surface area (Å²) in [6.07, 6.45) is 0.496. The quantitative estimate of drug-likeness (QED) is 0.722. The Morgan fingerprint density at radius 3 is 2.87 bits per heavy atom. The number of furan rings is 1. The highest BCUT2D eigenvalue weighted by molar-refractivity contribution is 5.70. The van der Waals surface area contributed by atoms with Crippen molar-refractivity contribution in [2.75, 3.05) is 13.1 Å². The van der Waals surface area contributed by atoms with E-state index in [1.807, 2.05) is 0 Å². The van der Waals surface area contributed by atoms with Crippen LogP contribution in [0.2, 0.25) is 0 Å². The van der Waals surface area contributed by atoms with Gasteiger partial charge in [0.2, 0.25) is 0 Å². The van der Waals surface area contributed by atoms with Gasteiger partial charge in [0.15, 0.2) is 12.0 Å². The normalized spacial score (nSPS) is 20.7. The second-order valence-corrected chi connectivity index (χ2v) is 3.74. The summed E-state index contributed by atoms with van der Waals surface area (Å²) in [5.41, 5.74) is 0. The summed E-state index contributed by atoms with van der Waals surface area (Å²) in [6.45, 7) is 0.470. The molecule has 2 rings (SSSR count). The van der Waals surface area contributed by atoms with E-state index in [1.54, 1.807) is 11.0 Å². The second kappa shape index (κ2) is 3.73. The van der Waals surface area contributed by atoms with Crippen LogP contribution in [0.15, 0.2) is 16.5 Å². The summed E-state index contributed by atoms with van der Waals surface area (Å²) in [7, 11) is 0. The van der Waals surface area contributed by atoms with E-state index in [9.17, 15) is 13.6 Å². The molecule has 1 aliphatic heterocycles. The Hall–Kier alpha value is -1.23. The molecule has 2 heterocycles. The van der Waals surface area contributed by atoms with Crippen LogP contribution < -0.4 is 0 Å². The van der Waals surface area contributed by atoms with Crippen molar-refractivity contribution in [3.8, 4) is 0 Å². The lowest BCUT2D eigenvalue weighted by atomic mass is 10.3. The summed E-state index contributed by atoms with van der Waals surface area (Å²) in [5, 5.41) is 0. The Morgan fingerprint density at radius 2 is 2.33 bits per heavy atom. The van der Waals surface area contributed by atoms with Gasteiger partial charge in [-0.15, -0.1) is 0 Å². The summed E-state index contributed by atoms with van der Waals surface area (Å²) in [5.74, 6) is -1.80. The van der Waals surface area contributed by atoms with Gasteiger partial charge in [-0.3, -0.25) is 9.69 Å². The predicted molar refractivity (Wildman–Crippen MR) is 48.9 cm³/mol. The first kappa shape index (κ1) is 10.3. The molecule has 0 N–H and O–H groups in total. The maximum Gasteiger partial charge on any atom is 0.261 e. The fourth-order valence-corrected chi connectivity index (χ4v) is 1.71. The van der Waals surface area contributed by atoms with E-state index in [0.717, 1.165) is 0 Å². The van der Waals surface area contributed by atoms with Crippen molar-refractivity contribution >= 4 is 6.29 Å². The Balaban J connectivity index is 1.95. The third-order valence-electron chi connectivity index (χ3n) is 2.43. The van der Waals surface area contributed by atoms with Crippen LogP contribution >= 0.6 is 0 Å². The van der Waals surface area contributed by atoms with Gasteiger partial charge >= 0.3 is 0 Å². The molecule has 0 aliphatic carbocycles. The van der Waals surface area contributed by atoms with Crippen molar-refractivity contribution in [3.63, 3.8) is 0 Å². The molecule has 3 nitrogen and oxygen atoms in total. The van der Waals surface area contributed by atoms with E-state index >= 15 is 0 Å². The number of halogens is 2. The highest BCUT2D eigenvalue weighted by Crippen LogP contribution is 2.27. The van der Waals surface area contributed by atoms with Crippen molar-refractivity contribution < 1.29 is 18.0 Å². The number of aldehydes is 1. The molecule has 0 atom stereocenters. The molecule has 0 saturated carbocycles. The minimum atomic E-state index is -2.58. The topological polar surface area (TPSA) is 33.5 Å². The van der Waals surface area contributed by atoms with Crippen LogP contribution in [0.3, 0.4) is 0 Å². The van der Waals surface area contributed by atoms with Gasteiger partial charge in [0.05, 0.1) is 13.1 Å². The molecule has 1 aromatic rings. The number of carbonyl (C=O) groups is 1. The number of rotatable bonds is 3. The highest BCUT2D eigenvalue weighted by atomic mass is 19.3. The third kappa shape index (κ3) is 2.41. The molecule has 1 aliphatic rings. The van der Waals surface area contributed by atoms with Gasteiger partial charge in [0, 0.05) is 13.0 Å². The van der Waals surface area contributed by atoms with Crippen molar-refractivity contribution in [2.45, 2.75) is 18.9 Å². The van der Waals surface area contributed by atoms with E-state index in [2.05, 4.69) is 0 Å². The van der Waals surface area contributed by atoms with E-state index < -0.39 is 5.92 Å². The maximum atomic E-state index is 12.8. The number of hydrogen-bond donors (Lipinski definition) is 0. The van der Waals surface area contributed by atoms with Gasteiger partial charge in [0.25, 0.3) is 5.92 Å². The van der Waals surface area contributed by atoms with Crippen molar-refractivity contribution in [1.29, 1.82) is 0 Å². The number of likely N-dealkylation sites (tertiary alicyclic amines) is 1. The number of carbonyl (C=O) groups excluding carboxylic acids is 1. The fourth-order valence-electron chi connectivity index (χ4n) is 1.71. The number of nitrogens with zero attached hydrogens (tertiary/aromatic N) is 1. The molecular weight excluding hydrogens is 204 g/mol. The summed E-state index contributed by atoms with van der Waals surface area (Å²) in [4.78, 5) is 12.0. The third-order valence-corrected chi connectivity index (χ3v) is 2.43. The van der Waals surface area contributed by atoms with Gasteiger partial charge in [-0.2, -0.15) is 0 Å². The van der Waals surface area contributed by atoms with Crippen LogP contribution in [-0.2, 0) is 6.54 Å². The smallest absolute Gasteiger partial charge is 0.261 e. The van der Waals surface area contributed by atoms with Crippen LogP contribution in [-0.4, -0.2) is 30.2 Å². The Kier molecular flexibility index (Phi) is 2.56. The summed E-state index contributed by atoms with van der Waals surface area (Å²) < 4.78 is 30.8. The van der Waals surface area contributed by atoms with Gasteiger partial charge in [-0.1, -0.05) is 0 Å². The molecule has 0 bridgehead atoms. The van der Waals surface area contributed by atoms with Crippen LogP contribution in [0.5, 0.6) is 0 Å². The molecular formula is C10H11F2NO2. The molecule has 0 unspecified atom stereocenters. The van der Waals surface area contributed by atoms with Gasteiger partial charge in [0.1, 0.15) is 5.76 Å². The molecule has 0 radical (unpaired) electrons. The zero-order valence-corrected chi connectivity index (χ0v) is 8.08. The first-order valence-corrected chi connectivity index (χ1v) is 4.73. The molecule has 0 aromatic carbocycles. The number of hydrogen-bond acceptors (Lipinski definition) is 3. The lowest BCUT2D eigenvalue weighted by molar-refractivity contribution is 0.0109. The standard InChI is InChI=1S/C10H11F2NO2/c11-10(12)3-4-13(7-10)5-8-1-2-9(6-14)15-8/h1-2,6H,3-5,7H2. The SMILES string of the molecule is O=Cc1ccc(CN2CCC(F)(F)C2)o1.